The quantitative estimate of drug-likeness (QED) is 0.654. The Kier molecular flexibility index (Phi) is 7.30. The smallest absolute Gasteiger partial charge is 0.0725 e. The fraction of sp³-hybridized carbons (Fsp3) is 1.00. The van der Waals surface area contributed by atoms with Crippen molar-refractivity contribution in [1.29, 1.82) is 0 Å². The zero-order valence-electron chi connectivity index (χ0n) is 6.74. The molecule has 0 rings (SSSR count). The number of rotatable bonds is 5. The van der Waals surface area contributed by atoms with Gasteiger partial charge in [-0.15, -0.1) is 0 Å². The molecule has 0 spiro atoms. The fourth-order valence-corrected chi connectivity index (χ4v) is 2.25. The number of unbranched alkanes of at least 4 members (excludes halogenated alkanes) is 1. The Morgan fingerprint density at radius 1 is 1.20 bits per heavy atom. The molecule has 0 fully saturated rings. The summed E-state index contributed by atoms with van der Waals surface area (Å²) in [6, 6.07) is 0. The Bertz CT molecular complexity index is 71.7. The number of hydrogen-bond donors (Lipinski definition) is 0. The largest absolute Gasteiger partial charge is 0.0762 e. The lowest BCUT2D eigenvalue weighted by Crippen LogP contribution is -2.06. The van der Waals surface area contributed by atoms with Crippen LogP contribution in [0, 0.1) is 5.92 Å². The third-order valence-electron chi connectivity index (χ3n) is 1.81. The molecule has 0 bridgehead atoms. The number of alkyl halides is 2. The second-order valence-corrected chi connectivity index (χ2v) is 5.85. The molecule has 1 atom stereocenters. The summed E-state index contributed by atoms with van der Waals surface area (Å²) in [7, 11) is 0. The topological polar surface area (TPSA) is 0 Å². The van der Waals surface area contributed by atoms with E-state index in [0.29, 0.717) is 3.74 Å². The third kappa shape index (κ3) is 4.73. The van der Waals surface area contributed by atoms with E-state index in [9.17, 15) is 0 Å². The third-order valence-corrected chi connectivity index (χ3v) is 3.30. The van der Waals surface area contributed by atoms with Crippen molar-refractivity contribution in [1.82, 2.24) is 0 Å². The highest BCUT2D eigenvalue weighted by Crippen LogP contribution is 2.26. The van der Waals surface area contributed by atoms with Crippen molar-refractivity contribution in [3.8, 4) is 0 Å². The summed E-state index contributed by atoms with van der Waals surface area (Å²) in [5.41, 5.74) is 0. The molecule has 62 valence electrons. The Morgan fingerprint density at radius 2 is 1.80 bits per heavy atom. The molecular weight excluding hydrogens is 256 g/mol. The van der Waals surface area contributed by atoms with E-state index in [-0.39, 0.29) is 0 Å². The zero-order chi connectivity index (χ0) is 7.98. The summed E-state index contributed by atoms with van der Waals surface area (Å²) in [5.74, 6) is 0.806. The van der Waals surface area contributed by atoms with E-state index < -0.39 is 0 Å². The van der Waals surface area contributed by atoms with Crippen LogP contribution >= 0.6 is 31.9 Å². The van der Waals surface area contributed by atoms with Crippen LogP contribution in [0.5, 0.6) is 0 Å². The van der Waals surface area contributed by atoms with Crippen LogP contribution in [0.2, 0.25) is 0 Å². The van der Waals surface area contributed by atoms with Crippen molar-refractivity contribution >= 4 is 31.9 Å². The van der Waals surface area contributed by atoms with Crippen LogP contribution < -0.4 is 0 Å². The highest BCUT2D eigenvalue weighted by Gasteiger charge is 2.12. The monoisotopic (exact) mass is 270 g/mol. The van der Waals surface area contributed by atoms with Crippen LogP contribution in [0.25, 0.3) is 0 Å². The first kappa shape index (κ1) is 11.0. The van der Waals surface area contributed by atoms with Crippen molar-refractivity contribution in [2.45, 2.75) is 43.3 Å². The molecule has 2 heteroatoms. The van der Waals surface area contributed by atoms with E-state index in [1.165, 1.54) is 25.7 Å². The van der Waals surface area contributed by atoms with Crippen LogP contribution in [-0.4, -0.2) is 3.74 Å². The van der Waals surface area contributed by atoms with Gasteiger partial charge in [-0.1, -0.05) is 65.0 Å². The average molecular weight is 272 g/mol. The van der Waals surface area contributed by atoms with Gasteiger partial charge in [0.25, 0.3) is 0 Å². The summed E-state index contributed by atoms with van der Waals surface area (Å²) in [6.07, 6.45) is 5.27. The molecule has 0 aromatic carbocycles. The van der Waals surface area contributed by atoms with Crippen molar-refractivity contribution in [3.63, 3.8) is 0 Å². The Hall–Kier alpha value is 0.960. The predicted octanol–water partition coefficient (Wildman–Crippen LogP) is 4.32. The fourth-order valence-electron chi connectivity index (χ4n) is 0.975. The molecule has 1 unspecified atom stereocenters. The number of hydrogen-bond acceptors (Lipinski definition) is 0. The molecular formula is C8H16Br2. The van der Waals surface area contributed by atoms with Gasteiger partial charge in [0, 0.05) is 0 Å². The maximum Gasteiger partial charge on any atom is 0.0725 e. The summed E-state index contributed by atoms with van der Waals surface area (Å²) in [4.78, 5) is 0. The Labute approximate surface area is 81.0 Å². The lowest BCUT2D eigenvalue weighted by Gasteiger charge is -2.14. The van der Waals surface area contributed by atoms with Crippen molar-refractivity contribution in [3.05, 3.63) is 0 Å². The van der Waals surface area contributed by atoms with Gasteiger partial charge >= 0.3 is 0 Å². The first-order valence-corrected chi connectivity index (χ1v) is 5.83. The van der Waals surface area contributed by atoms with Crippen LogP contribution in [-0.2, 0) is 0 Å². The van der Waals surface area contributed by atoms with Gasteiger partial charge in [0.15, 0.2) is 0 Å². The first-order valence-electron chi connectivity index (χ1n) is 4.00. The van der Waals surface area contributed by atoms with E-state index in [2.05, 4.69) is 45.7 Å². The average Bonchev–Trinajstić information content (AvgIpc) is 1.89. The van der Waals surface area contributed by atoms with E-state index in [4.69, 9.17) is 0 Å². The van der Waals surface area contributed by atoms with Gasteiger partial charge in [0.1, 0.15) is 0 Å². The second kappa shape index (κ2) is 6.66. The van der Waals surface area contributed by atoms with Crippen molar-refractivity contribution in [2.75, 3.05) is 0 Å². The molecule has 0 aromatic rings. The minimum Gasteiger partial charge on any atom is -0.0762 e. The zero-order valence-corrected chi connectivity index (χ0v) is 9.91. The van der Waals surface area contributed by atoms with E-state index in [0.717, 1.165) is 5.92 Å². The van der Waals surface area contributed by atoms with Crippen molar-refractivity contribution in [2.24, 2.45) is 5.92 Å². The van der Waals surface area contributed by atoms with Crippen LogP contribution in [0.4, 0.5) is 0 Å². The summed E-state index contributed by atoms with van der Waals surface area (Å²) >= 11 is 7.10. The van der Waals surface area contributed by atoms with Gasteiger partial charge in [0.05, 0.1) is 3.74 Å². The normalized spacial score (nSPS) is 14.1. The predicted molar refractivity (Wildman–Crippen MR) is 54.9 cm³/mol. The van der Waals surface area contributed by atoms with Gasteiger partial charge in [-0.25, -0.2) is 0 Å². The lowest BCUT2D eigenvalue weighted by molar-refractivity contribution is 0.491. The standard InChI is InChI=1S/C8H16Br2/c1-3-5-6-7(4-2)8(9)10/h7-8H,3-6H2,1-2H3. The van der Waals surface area contributed by atoms with Gasteiger partial charge in [-0.05, 0) is 12.3 Å². The molecule has 10 heavy (non-hydrogen) atoms. The highest BCUT2D eigenvalue weighted by molar-refractivity contribution is 9.24. The molecule has 0 saturated heterocycles. The minimum atomic E-state index is 0.511. The molecule has 0 aliphatic carbocycles. The molecule has 0 N–H and O–H groups in total. The summed E-state index contributed by atoms with van der Waals surface area (Å²) in [5, 5.41) is 0. The van der Waals surface area contributed by atoms with Gasteiger partial charge in [-0.3, -0.25) is 0 Å². The molecule has 0 amide bonds. The van der Waals surface area contributed by atoms with E-state index >= 15 is 0 Å². The van der Waals surface area contributed by atoms with Crippen molar-refractivity contribution < 1.29 is 0 Å². The van der Waals surface area contributed by atoms with Gasteiger partial charge in [-0.2, -0.15) is 0 Å². The molecule has 0 aliphatic rings. The maximum absolute atomic E-state index is 3.55. The van der Waals surface area contributed by atoms with Gasteiger partial charge in [0.2, 0.25) is 0 Å². The molecule has 0 saturated carbocycles. The lowest BCUT2D eigenvalue weighted by atomic mass is 10.0. The molecule has 0 radical (unpaired) electrons. The Balaban J connectivity index is 3.40. The first-order chi connectivity index (χ1) is 4.72. The van der Waals surface area contributed by atoms with Crippen LogP contribution in [0.15, 0.2) is 0 Å². The molecule has 0 aromatic heterocycles. The molecule has 0 heterocycles. The summed E-state index contributed by atoms with van der Waals surface area (Å²) in [6.45, 7) is 4.49. The summed E-state index contributed by atoms with van der Waals surface area (Å²) < 4.78 is 0.511. The minimum absolute atomic E-state index is 0.511. The molecule has 0 aliphatic heterocycles. The van der Waals surface area contributed by atoms with Crippen LogP contribution in [0.3, 0.4) is 0 Å². The van der Waals surface area contributed by atoms with E-state index in [1.54, 1.807) is 0 Å². The van der Waals surface area contributed by atoms with Gasteiger partial charge < -0.3 is 0 Å². The maximum atomic E-state index is 3.55. The Morgan fingerprint density at radius 3 is 2.10 bits per heavy atom. The number of halogens is 2. The van der Waals surface area contributed by atoms with E-state index in [1.807, 2.05) is 0 Å². The SMILES string of the molecule is CCCCC(CC)C(Br)Br. The highest BCUT2D eigenvalue weighted by atomic mass is 79.9. The second-order valence-electron chi connectivity index (χ2n) is 2.65. The molecule has 0 nitrogen and oxygen atoms in total. The van der Waals surface area contributed by atoms with Crippen LogP contribution in [0.1, 0.15) is 39.5 Å².